The number of ether oxygens (including phenoxy) is 1. The predicted molar refractivity (Wildman–Crippen MR) is 112 cm³/mol. The van der Waals surface area contributed by atoms with Gasteiger partial charge in [-0.25, -0.2) is 4.79 Å². The van der Waals surface area contributed by atoms with Crippen molar-refractivity contribution in [3.05, 3.63) is 39.9 Å². The van der Waals surface area contributed by atoms with Gasteiger partial charge in [0.15, 0.2) is 6.61 Å². The molecule has 1 heterocycles. The number of hydrogen-bond donors (Lipinski definition) is 1. The molecule has 1 aromatic rings. The van der Waals surface area contributed by atoms with Crippen LogP contribution in [0.1, 0.15) is 24.5 Å². The second kappa shape index (κ2) is 7.65. The summed E-state index contributed by atoms with van der Waals surface area (Å²) in [5, 5.41) is 2.72. The van der Waals surface area contributed by atoms with Crippen molar-refractivity contribution in [2.75, 3.05) is 11.9 Å². The van der Waals surface area contributed by atoms with Crippen molar-refractivity contribution in [1.29, 1.82) is 0 Å². The van der Waals surface area contributed by atoms with Crippen LogP contribution in [-0.2, 0) is 23.9 Å². The average Bonchev–Trinajstić information content (AvgIpc) is 3.37. The third-order valence-corrected chi connectivity index (χ3v) is 7.21. The summed E-state index contributed by atoms with van der Waals surface area (Å²) < 4.78 is 6.05. The molecule has 0 spiro atoms. The zero-order valence-electron chi connectivity index (χ0n) is 17.0. The molecule has 7 nitrogen and oxygen atoms in total. The first-order valence-corrected chi connectivity index (χ1v) is 10.8. The number of imide groups is 1. The molecular weight excluding hydrogens is 452 g/mol. The molecule has 1 N–H and O–H groups in total. The Morgan fingerprint density at radius 2 is 1.73 bits per heavy atom. The molecule has 5 atom stereocenters. The van der Waals surface area contributed by atoms with E-state index in [1.165, 1.54) is 6.92 Å². The van der Waals surface area contributed by atoms with Crippen molar-refractivity contribution in [3.63, 3.8) is 0 Å². The average molecular weight is 475 g/mol. The molecule has 0 aromatic heterocycles. The number of esters is 1. The minimum atomic E-state index is -1.06. The van der Waals surface area contributed by atoms with Gasteiger partial charge in [-0.1, -0.05) is 28.1 Å². The van der Waals surface area contributed by atoms with Crippen molar-refractivity contribution >= 4 is 45.3 Å². The molecule has 0 unspecified atom stereocenters. The molecule has 4 rings (SSSR count). The van der Waals surface area contributed by atoms with Gasteiger partial charge in [0, 0.05) is 10.2 Å². The second-order valence-electron chi connectivity index (χ2n) is 8.29. The van der Waals surface area contributed by atoms with E-state index in [9.17, 15) is 19.2 Å². The van der Waals surface area contributed by atoms with E-state index in [-0.39, 0.29) is 35.5 Å². The lowest BCUT2D eigenvalue weighted by Gasteiger charge is -2.23. The van der Waals surface area contributed by atoms with E-state index in [4.69, 9.17) is 4.74 Å². The van der Waals surface area contributed by atoms with Crippen LogP contribution in [0.4, 0.5) is 5.69 Å². The number of aryl methyl sites for hydroxylation is 2. The Morgan fingerprint density at radius 3 is 2.33 bits per heavy atom. The van der Waals surface area contributed by atoms with E-state index >= 15 is 0 Å². The maximum atomic E-state index is 12.8. The third kappa shape index (κ3) is 3.37. The summed E-state index contributed by atoms with van der Waals surface area (Å²) in [6, 6.07) is 2.66. The van der Waals surface area contributed by atoms with E-state index in [0.717, 1.165) is 26.9 Å². The lowest BCUT2D eigenvalue weighted by atomic mass is 9.85. The summed E-state index contributed by atoms with van der Waals surface area (Å²) in [6.45, 7) is 4.74. The Balaban J connectivity index is 1.35. The second-order valence-corrected chi connectivity index (χ2v) is 9.15. The molecule has 1 saturated heterocycles. The van der Waals surface area contributed by atoms with Crippen LogP contribution in [0.3, 0.4) is 0 Å². The molecular formula is C22H23BrN2O5. The van der Waals surface area contributed by atoms with Gasteiger partial charge in [-0.15, -0.1) is 0 Å². The summed E-state index contributed by atoms with van der Waals surface area (Å²) in [5.74, 6) is -2.45. The van der Waals surface area contributed by atoms with Crippen LogP contribution in [0.2, 0.25) is 0 Å². The Labute approximate surface area is 183 Å². The van der Waals surface area contributed by atoms with Gasteiger partial charge >= 0.3 is 5.97 Å². The number of benzene rings is 1. The fourth-order valence-electron chi connectivity index (χ4n) is 4.77. The van der Waals surface area contributed by atoms with E-state index in [2.05, 4.69) is 21.2 Å². The van der Waals surface area contributed by atoms with Crippen molar-refractivity contribution < 1.29 is 23.9 Å². The number of carbonyl (C=O) groups is 4. The summed E-state index contributed by atoms with van der Waals surface area (Å²) in [7, 11) is 0. The first-order chi connectivity index (χ1) is 14.2. The minimum Gasteiger partial charge on any atom is -0.454 e. The molecule has 3 amide bonds. The SMILES string of the molecule is Cc1cc(NC(=O)COC(=O)[C@H](C)N2C(=O)[C@@H]3[C@H](C2=O)[C@H]2C=C[C@H]3C2)c(C)cc1Br. The van der Waals surface area contributed by atoms with Gasteiger partial charge in [-0.05, 0) is 62.3 Å². The smallest absolute Gasteiger partial charge is 0.329 e. The van der Waals surface area contributed by atoms with Gasteiger partial charge < -0.3 is 10.1 Å². The highest BCUT2D eigenvalue weighted by atomic mass is 79.9. The van der Waals surface area contributed by atoms with Gasteiger partial charge in [-0.2, -0.15) is 0 Å². The summed E-state index contributed by atoms with van der Waals surface area (Å²) in [5.41, 5.74) is 2.45. The molecule has 30 heavy (non-hydrogen) atoms. The molecule has 1 aliphatic heterocycles. The fourth-order valence-corrected chi connectivity index (χ4v) is 5.23. The van der Waals surface area contributed by atoms with Crippen LogP contribution < -0.4 is 5.32 Å². The highest BCUT2D eigenvalue weighted by molar-refractivity contribution is 9.10. The summed E-state index contributed by atoms with van der Waals surface area (Å²) in [6.07, 6.45) is 4.83. The van der Waals surface area contributed by atoms with Crippen LogP contribution in [0, 0.1) is 37.5 Å². The molecule has 158 valence electrons. The van der Waals surface area contributed by atoms with Gasteiger partial charge in [-0.3, -0.25) is 19.3 Å². The minimum absolute atomic E-state index is 0.0769. The summed E-state index contributed by atoms with van der Waals surface area (Å²) in [4.78, 5) is 51.3. The number of anilines is 1. The molecule has 1 saturated carbocycles. The number of rotatable bonds is 5. The first-order valence-electron chi connectivity index (χ1n) is 9.97. The number of hydrogen-bond acceptors (Lipinski definition) is 5. The fraction of sp³-hybridized carbons (Fsp3) is 0.455. The predicted octanol–water partition coefficient (Wildman–Crippen LogP) is 2.74. The highest BCUT2D eigenvalue weighted by Crippen LogP contribution is 2.52. The van der Waals surface area contributed by atoms with Crippen LogP contribution in [-0.4, -0.2) is 41.2 Å². The van der Waals surface area contributed by atoms with Crippen LogP contribution in [0.25, 0.3) is 0 Å². The van der Waals surface area contributed by atoms with Crippen LogP contribution >= 0.6 is 15.9 Å². The maximum absolute atomic E-state index is 12.8. The standard InChI is InChI=1S/C22H23BrN2O5/c1-10-7-16(11(2)6-15(10)23)24-17(26)9-30-22(29)12(3)25-20(27)18-13-4-5-14(8-13)19(18)21(25)28/h4-7,12-14,18-19H,8-9H2,1-3H3,(H,24,26)/t12-,13-,14-,18-,19+/m0/s1. The zero-order valence-corrected chi connectivity index (χ0v) is 18.6. The lowest BCUT2D eigenvalue weighted by Crippen LogP contribution is -2.45. The molecule has 2 fully saturated rings. The van der Waals surface area contributed by atoms with Gasteiger partial charge in [0.05, 0.1) is 11.8 Å². The normalized spacial score (nSPS) is 27.4. The number of nitrogens with zero attached hydrogens (tertiary/aromatic N) is 1. The Hall–Kier alpha value is -2.48. The Morgan fingerprint density at radius 1 is 1.13 bits per heavy atom. The number of fused-ring (bicyclic) bond motifs is 5. The number of allylic oxidation sites excluding steroid dienone is 2. The number of carbonyl (C=O) groups excluding carboxylic acids is 4. The Bertz CT molecular complexity index is 958. The molecule has 1 aromatic carbocycles. The molecule has 2 bridgehead atoms. The maximum Gasteiger partial charge on any atom is 0.329 e. The van der Waals surface area contributed by atoms with Crippen molar-refractivity contribution in [3.8, 4) is 0 Å². The van der Waals surface area contributed by atoms with Gasteiger partial charge in [0.25, 0.3) is 5.91 Å². The number of amides is 3. The first kappa shape index (κ1) is 20.8. The number of nitrogens with one attached hydrogen (secondary N) is 1. The van der Waals surface area contributed by atoms with Gasteiger partial charge in [0.2, 0.25) is 11.8 Å². The lowest BCUT2D eigenvalue weighted by molar-refractivity contribution is -0.159. The van der Waals surface area contributed by atoms with E-state index in [0.29, 0.717) is 5.69 Å². The number of likely N-dealkylation sites (tertiary alicyclic amines) is 1. The summed E-state index contributed by atoms with van der Waals surface area (Å²) >= 11 is 3.44. The molecule has 0 radical (unpaired) electrons. The Kier molecular flexibility index (Phi) is 5.30. The molecule has 8 heteroatoms. The van der Waals surface area contributed by atoms with Gasteiger partial charge in [0.1, 0.15) is 6.04 Å². The van der Waals surface area contributed by atoms with Crippen molar-refractivity contribution in [2.45, 2.75) is 33.2 Å². The van der Waals surface area contributed by atoms with E-state index in [1.807, 2.05) is 38.1 Å². The quantitative estimate of drug-likeness (QED) is 0.402. The third-order valence-electron chi connectivity index (χ3n) is 6.36. The largest absolute Gasteiger partial charge is 0.454 e. The van der Waals surface area contributed by atoms with Crippen molar-refractivity contribution in [2.24, 2.45) is 23.7 Å². The van der Waals surface area contributed by atoms with Crippen LogP contribution in [0.15, 0.2) is 28.8 Å². The molecule has 3 aliphatic rings. The zero-order chi connectivity index (χ0) is 21.7. The highest BCUT2D eigenvalue weighted by Gasteiger charge is 2.60. The van der Waals surface area contributed by atoms with E-state index < -0.39 is 24.5 Å². The molecule has 2 aliphatic carbocycles. The monoisotopic (exact) mass is 474 g/mol. The van der Waals surface area contributed by atoms with Crippen LogP contribution in [0.5, 0.6) is 0 Å². The van der Waals surface area contributed by atoms with Crippen molar-refractivity contribution in [1.82, 2.24) is 4.90 Å². The van der Waals surface area contributed by atoms with E-state index in [1.54, 1.807) is 0 Å². The topological polar surface area (TPSA) is 92.8 Å². The number of halogens is 1.